The van der Waals surface area contributed by atoms with Crippen LogP contribution in [0.3, 0.4) is 0 Å². The van der Waals surface area contributed by atoms with Gasteiger partial charge in [-0.3, -0.25) is 0 Å². The molecule has 0 bridgehead atoms. The Hall–Kier alpha value is -0.540. The topological polar surface area (TPSA) is 35.2 Å². The summed E-state index contributed by atoms with van der Waals surface area (Å²) in [5, 5.41) is 0. The molecule has 2 nitrogen and oxygen atoms in total. The molecular weight excluding hydrogens is 266 g/mol. The van der Waals surface area contributed by atoms with Crippen molar-refractivity contribution in [3.63, 3.8) is 0 Å². The Morgan fingerprint density at radius 1 is 1.38 bits per heavy atom. The molecule has 0 spiro atoms. The molecule has 1 fully saturated rings. The SMILES string of the molecule is COc1c(C)cc(C)c(Br)c1C1(CN)CC1. The number of hydrogen-bond acceptors (Lipinski definition) is 2. The fourth-order valence-corrected chi connectivity index (χ4v) is 3.11. The Kier molecular flexibility index (Phi) is 3.01. The van der Waals surface area contributed by atoms with Crippen LogP contribution in [-0.4, -0.2) is 13.7 Å². The number of aryl methyl sites for hydroxylation is 2. The minimum Gasteiger partial charge on any atom is -0.496 e. The summed E-state index contributed by atoms with van der Waals surface area (Å²) in [5.74, 6) is 1.00. The molecule has 0 radical (unpaired) electrons. The van der Waals surface area contributed by atoms with Crippen molar-refractivity contribution in [2.24, 2.45) is 5.73 Å². The van der Waals surface area contributed by atoms with Crippen LogP contribution in [0.4, 0.5) is 0 Å². The number of hydrogen-bond donors (Lipinski definition) is 1. The maximum absolute atomic E-state index is 5.92. The number of ether oxygens (including phenoxy) is 1. The van der Waals surface area contributed by atoms with Gasteiger partial charge < -0.3 is 10.5 Å². The van der Waals surface area contributed by atoms with Crippen molar-refractivity contribution in [3.05, 3.63) is 27.2 Å². The Bertz CT molecular complexity index is 424. The number of halogens is 1. The summed E-state index contributed by atoms with van der Waals surface area (Å²) in [6.45, 7) is 4.91. The van der Waals surface area contributed by atoms with Crippen LogP contribution in [-0.2, 0) is 5.41 Å². The van der Waals surface area contributed by atoms with E-state index in [0.717, 1.165) is 10.2 Å². The predicted molar refractivity (Wildman–Crippen MR) is 70.1 cm³/mol. The van der Waals surface area contributed by atoms with Crippen LogP contribution in [0, 0.1) is 13.8 Å². The average Bonchev–Trinajstić information content (AvgIpc) is 3.03. The molecule has 1 aromatic rings. The lowest BCUT2D eigenvalue weighted by Crippen LogP contribution is -2.21. The van der Waals surface area contributed by atoms with E-state index in [-0.39, 0.29) is 5.41 Å². The van der Waals surface area contributed by atoms with E-state index in [1.807, 2.05) is 0 Å². The fraction of sp³-hybridized carbons (Fsp3) is 0.538. The summed E-state index contributed by atoms with van der Waals surface area (Å²) in [6.07, 6.45) is 2.34. The Morgan fingerprint density at radius 3 is 2.44 bits per heavy atom. The van der Waals surface area contributed by atoms with E-state index in [2.05, 4.69) is 35.8 Å². The highest BCUT2D eigenvalue weighted by atomic mass is 79.9. The first kappa shape index (κ1) is 11.9. The fourth-order valence-electron chi connectivity index (χ4n) is 2.39. The quantitative estimate of drug-likeness (QED) is 0.925. The van der Waals surface area contributed by atoms with E-state index in [4.69, 9.17) is 10.5 Å². The van der Waals surface area contributed by atoms with E-state index in [9.17, 15) is 0 Å². The van der Waals surface area contributed by atoms with Crippen molar-refractivity contribution in [2.75, 3.05) is 13.7 Å². The third-order valence-corrected chi connectivity index (χ3v) is 4.58. The lowest BCUT2D eigenvalue weighted by Gasteiger charge is -2.22. The lowest BCUT2D eigenvalue weighted by molar-refractivity contribution is 0.400. The molecule has 0 heterocycles. The molecule has 1 aliphatic rings. The van der Waals surface area contributed by atoms with Crippen LogP contribution in [0.2, 0.25) is 0 Å². The van der Waals surface area contributed by atoms with Gasteiger partial charge in [0.15, 0.2) is 0 Å². The van der Waals surface area contributed by atoms with Crippen molar-refractivity contribution in [3.8, 4) is 5.75 Å². The maximum atomic E-state index is 5.92. The van der Waals surface area contributed by atoms with Gasteiger partial charge in [-0.25, -0.2) is 0 Å². The van der Waals surface area contributed by atoms with Crippen LogP contribution in [0.1, 0.15) is 29.5 Å². The summed E-state index contributed by atoms with van der Waals surface area (Å²) in [5.41, 5.74) is 9.79. The standard InChI is InChI=1S/C13H18BrNO/c1-8-6-9(2)12(16-3)10(11(8)14)13(7-15)4-5-13/h6H,4-5,7,15H2,1-3H3. The van der Waals surface area contributed by atoms with Gasteiger partial charge in [0.25, 0.3) is 0 Å². The second kappa shape index (κ2) is 4.04. The van der Waals surface area contributed by atoms with Crippen LogP contribution < -0.4 is 10.5 Å². The van der Waals surface area contributed by atoms with Crippen molar-refractivity contribution in [2.45, 2.75) is 32.1 Å². The summed E-state index contributed by atoms with van der Waals surface area (Å²) >= 11 is 3.69. The molecule has 1 aromatic carbocycles. The number of rotatable bonds is 3. The highest BCUT2D eigenvalue weighted by Crippen LogP contribution is 2.54. The number of benzene rings is 1. The van der Waals surface area contributed by atoms with Gasteiger partial charge in [-0.1, -0.05) is 22.0 Å². The minimum absolute atomic E-state index is 0.154. The summed E-state index contributed by atoms with van der Waals surface area (Å²) in [7, 11) is 1.74. The predicted octanol–water partition coefficient (Wildman–Crippen LogP) is 3.06. The smallest absolute Gasteiger partial charge is 0.126 e. The van der Waals surface area contributed by atoms with Gasteiger partial charge in [0.1, 0.15) is 5.75 Å². The van der Waals surface area contributed by atoms with Crippen LogP contribution >= 0.6 is 15.9 Å². The normalized spacial score (nSPS) is 17.3. The second-order valence-corrected chi connectivity index (χ2v) is 5.51. The number of methoxy groups -OCH3 is 1. The zero-order chi connectivity index (χ0) is 11.9. The Morgan fingerprint density at radius 2 is 2.00 bits per heavy atom. The molecule has 1 aliphatic carbocycles. The van der Waals surface area contributed by atoms with E-state index in [1.165, 1.54) is 29.5 Å². The van der Waals surface area contributed by atoms with Crippen molar-refractivity contribution >= 4 is 15.9 Å². The van der Waals surface area contributed by atoms with Gasteiger partial charge >= 0.3 is 0 Å². The van der Waals surface area contributed by atoms with Crippen molar-refractivity contribution in [1.29, 1.82) is 0 Å². The molecule has 16 heavy (non-hydrogen) atoms. The van der Waals surface area contributed by atoms with E-state index in [1.54, 1.807) is 7.11 Å². The monoisotopic (exact) mass is 283 g/mol. The highest BCUT2D eigenvalue weighted by molar-refractivity contribution is 9.10. The average molecular weight is 284 g/mol. The summed E-state index contributed by atoms with van der Waals surface area (Å²) < 4.78 is 6.72. The van der Waals surface area contributed by atoms with E-state index < -0.39 is 0 Å². The van der Waals surface area contributed by atoms with Gasteiger partial charge in [-0.15, -0.1) is 0 Å². The number of nitrogens with two attached hydrogens (primary N) is 1. The van der Waals surface area contributed by atoms with Crippen LogP contribution in [0.5, 0.6) is 5.75 Å². The third-order valence-electron chi connectivity index (χ3n) is 3.56. The largest absolute Gasteiger partial charge is 0.496 e. The molecule has 0 atom stereocenters. The van der Waals surface area contributed by atoms with Gasteiger partial charge in [-0.2, -0.15) is 0 Å². The first-order valence-electron chi connectivity index (χ1n) is 5.60. The van der Waals surface area contributed by atoms with Gasteiger partial charge in [-0.05, 0) is 37.8 Å². The lowest BCUT2D eigenvalue weighted by atomic mass is 9.91. The minimum atomic E-state index is 0.154. The first-order valence-corrected chi connectivity index (χ1v) is 6.39. The zero-order valence-electron chi connectivity index (χ0n) is 10.1. The first-order chi connectivity index (χ1) is 7.55. The molecule has 0 aliphatic heterocycles. The third kappa shape index (κ3) is 1.66. The van der Waals surface area contributed by atoms with Crippen LogP contribution in [0.15, 0.2) is 10.5 Å². The van der Waals surface area contributed by atoms with Crippen LogP contribution in [0.25, 0.3) is 0 Å². The van der Waals surface area contributed by atoms with E-state index in [0.29, 0.717) is 6.54 Å². The molecule has 0 saturated heterocycles. The van der Waals surface area contributed by atoms with Gasteiger partial charge in [0.05, 0.1) is 7.11 Å². The second-order valence-electron chi connectivity index (χ2n) is 4.72. The molecular formula is C13H18BrNO. The molecule has 1 saturated carbocycles. The molecule has 2 N–H and O–H groups in total. The molecule has 0 aromatic heterocycles. The zero-order valence-corrected chi connectivity index (χ0v) is 11.6. The molecule has 0 unspecified atom stereocenters. The molecule has 2 rings (SSSR count). The van der Waals surface area contributed by atoms with Gasteiger partial charge in [0, 0.05) is 22.0 Å². The summed E-state index contributed by atoms with van der Waals surface area (Å²) in [6, 6.07) is 2.15. The van der Waals surface area contributed by atoms with E-state index >= 15 is 0 Å². The Labute approximate surface area is 105 Å². The molecule has 88 valence electrons. The van der Waals surface area contributed by atoms with Crippen molar-refractivity contribution in [1.82, 2.24) is 0 Å². The molecule has 3 heteroatoms. The van der Waals surface area contributed by atoms with Gasteiger partial charge in [0.2, 0.25) is 0 Å². The highest BCUT2D eigenvalue weighted by Gasteiger charge is 2.46. The summed E-state index contributed by atoms with van der Waals surface area (Å²) in [4.78, 5) is 0. The maximum Gasteiger partial charge on any atom is 0.126 e. The van der Waals surface area contributed by atoms with Crippen molar-refractivity contribution < 1.29 is 4.74 Å². The Balaban J connectivity index is 2.66. The molecule has 0 amide bonds.